The van der Waals surface area contributed by atoms with Gasteiger partial charge in [0, 0.05) is 6.54 Å². The Balaban J connectivity index is 2.36. The first kappa shape index (κ1) is 15.3. The molecule has 0 heterocycles. The van der Waals surface area contributed by atoms with E-state index in [4.69, 9.17) is 4.74 Å². The fraction of sp³-hybridized carbons (Fsp3) is 0.200. The van der Waals surface area contributed by atoms with Gasteiger partial charge in [-0.1, -0.05) is 18.2 Å². The van der Waals surface area contributed by atoms with Gasteiger partial charge in [0.05, 0.1) is 5.56 Å². The number of ether oxygens (including phenoxy) is 1. The zero-order valence-electron chi connectivity index (χ0n) is 11.2. The first-order valence-corrected chi connectivity index (χ1v) is 6.19. The Bertz CT molecular complexity index is 625. The maximum absolute atomic E-state index is 13.5. The quantitative estimate of drug-likeness (QED) is 0.847. The Hall–Kier alpha value is -2.08. The molecule has 0 aliphatic rings. The second-order valence-corrected chi connectivity index (χ2v) is 4.38. The van der Waals surface area contributed by atoms with Crippen molar-refractivity contribution >= 4 is 0 Å². The molecule has 0 fully saturated rings. The number of rotatable bonds is 4. The van der Waals surface area contributed by atoms with Crippen LogP contribution < -0.4 is 10.1 Å². The molecule has 0 atom stereocenters. The molecule has 0 spiro atoms. The van der Waals surface area contributed by atoms with E-state index in [2.05, 4.69) is 5.32 Å². The Morgan fingerprint density at radius 3 is 2.43 bits per heavy atom. The van der Waals surface area contributed by atoms with Crippen LogP contribution in [0.2, 0.25) is 0 Å². The largest absolute Gasteiger partial charge is 0.454 e. The third kappa shape index (κ3) is 3.72. The second kappa shape index (κ2) is 6.13. The third-order valence-corrected chi connectivity index (χ3v) is 2.82. The molecule has 2 aromatic carbocycles. The van der Waals surface area contributed by atoms with Crippen LogP contribution in [0.3, 0.4) is 0 Å². The number of para-hydroxylation sites is 1. The number of halogens is 4. The molecule has 21 heavy (non-hydrogen) atoms. The van der Waals surface area contributed by atoms with Gasteiger partial charge in [0.2, 0.25) is 0 Å². The predicted octanol–water partition coefficient (Wildman–Crippen LogP) is 4.36. The van der Waals surface area contributed by atoms with Crippen molar-refractivity contribution in [3.8, 4) is 11.5 Å². The molecule has 0 aliphatic carbocycles. The second-order valence-electron chi connectivity index (χ2n) is 4.38. The molecule has 1 N–H and O–H groups in total. The van der Waals surface area contributed by atoms with E-state index in [-0.39, 0.29) is 23.6 Å². The summed E-state index contributed by atoms with van der Waals surface area (Å²) in [5, 5.41) is 2.67. The van der Waals surface area contributed by atoms with Crippen LogP contribution in [0.25, 0.3) is 0 Å². The van der Waals surface area contributed by atoms with Crippen LogP contribution >= 0.6 is 0 Å². The van der Waals surface area contributed by atoms with Gasteiger partial charge < -0.3 is 10.1 Å². The molecule has 0 radical (unpaired) electrons. The van der Waals surface area contributed by atoms with Gasteiger partial charge in [0.15, 0.2) is 11.6 Å². The highest BCUT2D eigenvalue weighted by atomic mass is 19.4. The molecule has 0 unspecified atom stereocenters. The van der Waals surface area contributed by atoms with E-state index >= 15 is 0 Å². The van der Waals surface area contributed by atoms with Crippen molar-refractivity contribution in [3.05, 3.63) is 59.4 Å². The lowest BCUT2D eigenvalue weighted by atomic mass is 10.1. The number of hydrogen-bond donors (Lipinski definition) is 1. The van der Waals surface area contributed by atoms with Crippen LogP contribution in [0.15, 0.2) is 42.5 Å². The zero-order chi connectivity index (χ0) is 15.5. The summed E-state index contributed by atoms with van der Waals surface area (Å²) in [5.41, 5.74) is -0.698. The summed E-state index contributed by atoms with van der Waals surface area (Å²) in [4.78, 5) is 0. The highest BCUT2D eigenvalue weighted by Crippen LogP contribution is 2.35. The van der Waals surface area contributed by atoms with E-state index in [0.717, 1.165) is 6.07 Å². The normalized spacial score (nSPS) is 11.5. The predicted molar refractivity (Wildman–Crippen MR) is 70.7 cm³/mol. The summed E-state index contributed by atoms with van der Waals surface area (Å²) in [5.74, 6) is -0.815. The van der Waals surface area contributed by atoms with Crippen LogP contribution in [-0.4, -0.2) is 7.05 Å². The van der Waals surface area contributed by atoms with E-state index in [0.29, 0.717) is 0 Å². The van der Waals surface area contributed by atoms with E-state index in [1.807, 2.05) is 0 Å². The van der Waals surface area contributed by atoms with Gasteiger partial charge in [-0.15, -0.1) is 0 Å². The third-order valence-electron chi connectivity index (χ3n) is 2.82. The Labute approximate surface area is 119 Å². The lowest BCUT2D eigenvalue weighted by Gasteiger charge is -2.15. The molecule has 0 bridgehead atoms. The standard InChI is InChI=1S/C15H13F4NO/c1-20-9-10-6-7-11(8-12(10)15(17,18)19)21-14-5-3-2-4-13(14)16/h2-8,20H,9H2,1H3. The average Bonchev–Trinajstić information content (AvgIpc) is 2.42. The van der Waals surface area contributed by atoms with Crippen molar-refractivity contribution in [3.63, 3.8) is 0 Å². The number of nitrogens with one attached hydrogen (secondary N) is 1. The summed E-state index contributed by atoms with van der Waals surface area (Å²) >= 11 is 0. The maximum atomic E-state index is 13.5. The van der Waals surface area contributed by atoms with Crippen LogP contribution in [-0.2, 0) is 12.7 Å². The van der Waals surface area contributed by atoms with Crippen LogP contribution in [0.5, 0.6) is 11.5 Å². The first-order valence-electron chi connectivity index (χ1n) is 6.19. The van der Waals surface area contributed by atoms with Crippen molar-refractivity contribution in [2.45, 2.75) is 12.7 Å². The molecule has 0 aromatic heterocycles. The highest BCUT2D eigenvalue weighted by Gasteiger charge is 2.33. The van der Waals surface area contributed by atoms with Gasteiger partial charge in [-0.3, -0.25) is 0 Å². The SMILES string of the molecule is CNCc1ccc(Oc2ccccc2F)cc1C(F)(F)F. The minimum Gasteiger partial charge on any atom is -0.454 e. The summed E-state index contributed by atoms with van der Waals surface area (Å²) in [6.07, 6.45) is -4.50. The molecule has 0 saturated heterocycles. The van der Waals surface area contributed by atoms with Gasteiger partial charge >= 0.3 is 6.18 Å². The molecule has 0 saturated carbocycles. The van der Waals surface area contributed by atoms with E-state index in [1.54, 1.807) is 13.1 Å². The molecule has 2 aromatic rings. The molecule has 2 nitrogen and oxygen atoms in total. The van der Waals surface area contributed by atoms with E-state index in [1.165, 1.54) is 30.3 Å². The maximum Gasteiger partial charge on any atom is 0.416 e. The zero-order valence-corrected chi connectivity index (χ0v) is 11.2. The number of benzene rings is 2. The van der Waals surface area contributed by atoms with Crippen LogP contribution in [0.1, 0.15) is 11.1 Å². The van der Waals surface area contributed by atoms with Crippen LogP contribution in [0, 0.1) is 5.82 Å². The fourth-order valence-corrected chi connectivity index (χ4v) is 1.88. The minimum absolute atomic E-state index is 0.0627. The van der Waals surface area contributed by atoms with E-state index in [9.17, 15) is 17.6 Å². The van der Waals surface area contributed by atoms with Crippen molar-refractivity contribution in [1.29, 1.82) is 0 Å². The van der Waals surface area contributed by atoms with Crippen LogP contribution in [0.4, 0.5) is 17.6 Å². The summed E-state index contributed by atoms with van der Waals surface area (Å²) in [7, 11) is 1.56. The van der Waals surface area contributed by atoms with Gasteiger partial charge in [0.1, 0.15) is 5.75 Å². The van der Waals surface area contributed by atoms with Crippen molar-refractivity contribution in [1.82, 2.24) is 5.32 Å². The smallest absolute Gasteiger partial charge is 0.416 e. The number of hydrogen-bond acceptors (Lipinski definition) is 2. The Kier molecular flexibility index (Phi) is 4.47. The summed E-state index contributed by atoms with van der Waals surface area (Å²) in [6, 6.07) is 9.11. The highest BCUT2D eigenvalue weighted by molar-refractivity contribution is 5.40. The molecule has 112 valence electrons. The van der Waals surface area contributed by atoms with Crippen molar-refractivity contribution in [2.24, 2.45) is 0 Å². The Morgan fingerprint density at radius 2 is 1.81 bits per heavy atom. The van der Waals surface area contributed by atoms with Gasteiger partial charge in [-0.2, -0.15) is 13.2 Å². The van der Waals surface area contributed by atoms with E-state index < -0.39 is 17.6 Å². The lowest BCUT2D eigenvalue weighted by molar-refractivity contribution is -0.138. The van der Waals surface area contributed by atoms with Crippen molar-refractivity contribution < 1.29 is 22.3 Å². The molecular formula is C15H13F4NO. The molecular weight excluding hydrogens is 286 g/mol. The van der Waals surface area contributed by atoms with Gasteiger partial charge in [0.25, 0.3) is 0 Å². The van der Waals surface area contributed by atoms with Gasteiger partial charge in [-0.25, -0.2) is 4.39 Å². The summed E-state index contributed by atoms with van der Waals surface area (Å²) < 4.78 is 57.7. The topological polar surface area (TPSA) is 21.3 Å². The summed E-state index contributed by atoms with van der Waals surface area (Å²) in [6.45, 7) is 0.0782. The molecule has 0 aliphatic heterocycles. The molecule has 2 rings (SSSR count). The Morgan fingerprint density at radius 1 is 1.10 bits per heavy atom. The first-order chi connectivity index (χ1) is 9.91. The van der Waals surface area contributed by atoms with Crippen molar-refractivity contribution in [2.75, 3.05) is 7.05 Å². The van der Waals surface area contributed by atoms with Gasteiger partial charge in [-0.05, 0) is 36.9 Å². The fourth-order valence-electron chi connectivity index (χ4n) is 1.88. The minimum atomic E-state index is -4.50. The molecule has 0 amide bonds. The monoisotopic (exact) mass is 299 g/mol. The lowest BCUT2D eigenvalue weighted by Crippen LogP contribution is -2.14. The average molecular weight is 299 g/mol. The molecule has 6 heteroatoms. The number of alkyl halides is 3.